The third-order valence-electron chi connectivity index (χ3n) is 4.69. The molecule has 0 bridgehead atoms. The summed E-state index contributed by atoms with van der Waals surface area (Å²) in [5.74, 6) is -0.516. The second-order valence-electron chi connectivity index (χ2n) is 8.44. The van der Waals surface area contributed by atoms with Crippen LogP contribution in [0.1, 0.15) is 47.5 Å². The Morgan fingerprint density at radius 1 is 1.15 bits per heavy atom. The second-order valence-corrected chi connectivity index (χ2v) is 8.44. The number of likely N-dealkylation sites (N-methyl/N-ethyl adjacent to an activating group) is 2. The molecule has 1 rings (SSSR count). The monoisotopic (exact) mass is 385 g/mol. The Balaban J connectivity index is 2.81. The van der Waals surface area contributed by atoms with Gasteiger partial charge in [0.15, 0.2) is 0 Å². The molecule has 8 heteroatoms. The fourth-order valence-corrected chi connectivity index (χ4v) is 3.29. The lowest BCUT2D eigenvalue weighted by atomic mass is 10.0. The Morgan fingerprint density at radius 3 is 2.22 bits per heavy atom. The highest BCUT2D eigenvalue weighted by Crippen LogP contribution is 2.20. The first-order chi connectivity index (χ1) is 12.4. The van der Waals surface area contributed by atoms with Crippen molar-refractivity contribution in [2.45, 2.75) is 65.1 Å². The van der Waals surface area contributed by atoms with Gasteiger partial charge in [-0.15, -0.1) is 0 Å². The normalized spacial score (nSPS) is 18.7. The molecule has 8 nitrogen and oxygen atoms in total. The fourth-order valence-electron chi connectivity index (χ4n) is 3.29. The van der Waals surface area contributed by atoms with E-state index < -0.39 is 17.6 Å². The average molecular weight is 386 g/mol. The van der Waals surface area contributed by atoms with Gasteiger partial charge in [0.2, 0.25) is 0 Å². The number of amides is 3. The highest BCUT2D eigenvalue weighted by Gasteiger charge is 2.36. The van der Waals surface area contributed by atoms with Crippen LogP contribution < -0.4 is 0 Å². The molecule has 0 radical (unpaired) electrons. The number of urea groups is 1. The van der Waals surface area contributed by atoms with E-state index in [-0.39, 0.29) is 24.1 Å². The molecule has 1 aliphatic heterocycles. The van der Waals surface area contributed by atoms with E-state index in [1.165, 1.54) is 12.0 Å². The summed E-state index contributed by atoms with van der Waals surface area (Å²) in [6, 6.07) is -1.06. The van der Waals surface area contributed by atoms with Crippen LogP contribution in [0.15, 0.2) is 0 Å². The maximum Gasteiger partial charge on any atom is 0.410 e. The largest absolute Gasteiger partial charge is 0.467 e. The molecule has 1 fully saturated rings. The molecule has 0 saturated carbocycles. The molecule has 0 unspecified atom stereocenters. The summed E-state index contributed by atoms with van der Waals surface area (Å²) in [6.07, 6.45) is 1.21. The van der Waals surface area contributed by atoms with Crippen molar-refractivity contribution in [2.24, 2.45) is 5.92 Å². The summed E-state index contributed by atoms with van der Waals surface area (Å²) in [6.45, 7) is 10.3. The van der Waals surface area contributed by atoms with Crippen molar-refractivity contribution in [1.29, 1.82) is 0 Å². The summed E-state index contributed by atoms with van der Waals surface area (Å²) < 4.78 is 10.3. The Bertz CT molecular complexity index is 544. The van der Waals surface area contributed by atoms with Gasteiger partial charge < -0.3 is 24.2 Å². The number of esters is 1. The molecule has 1 saturated heterocycles. The molecule has 2 atom stereocenters. The zero-order valence-electron chi connectivity index (χ0n) is 17.9. The smallest absolute Gasteiger partial charge is 0.410 e. The second kappa shape index (κ2) is 9.28. The van der Waals surface area contributed by atoms with Crippen molar-refractivity contribution >= 4 is 18.1 Å². The molecule has 0 spiro atoms. The highest BCUT2D eigenvalue weighted by molar-refractivity contribution is 5.83. The topological polar surface area (TPSA) is 79.4 Å². The van der Waals surface area contributed by atoms with Gasteiger partial charge in [0.25, 0.3) is 0 Å². The van der Waals surface area contributed by atoms with Crippen molar-refractivity contribution in [2.75, 3.05) is 34.3 Å². The van der Waals surface area contributed by atoms with E-state index in [1.807, 2.05) is 34.6 Å². The Morgan fingerprint density at radius 2 is 1.74 bits per heavy atom. The van der Waals surface area contributed by atoms with Crippen molar-refractivity contribution < 1.29 is 23.9 Å². The van der Waals surface area contributed by atoms with Gasteiger partial charge in [-0.1, -0.05) is 13.8 Å². The van der Waals surface area contributed by atoms with Crippen LogP contribution >= 0.6 is 0 Å². The molecule has 0 aromatic rings. The van der Waals surface area contributed by atoms with E-state index >= 15 is 0 Å². The molecule has 1 heterocycles. The number of hydrogen-bond acceptors (Lipinski definition) is 5. The van der Waals surface area contributed by atoms with Crippen LogP contribution in [0, 0.1) is 5.92 Å². The summed E-state index contributed by atoms with van der Waals surface area (Å²) in [5, 5.41) is 0. The lowest BCUT2D eigenvalue weighted by Gasteiger charge is -2.40. The van der Waals surface area contributed by atoms with Crippen LogP contribution in [-0.4, -0.2) is 84.8 Å². The van der Waals surface area contributed by atoms with Crippen LogP contribution in [0.3, 0.4) is 0 Å². The van der Waals surface area contributed by atoms with Gasteiger partial charge >= 0.3 is 18.1 Å². The molecular formula is C19H35N3O5. The number of ether oxygens (including phenoxy) is 2. The molecule has 3 amide bonds. The van der Waals surface area contributed by atoms with Crippen molar-refractivity contribution in [1.82, 2.24) is 14.7 Å². The molecule has 156 valence electrons. The van der Waals surface area contributed by atoms with E-state index in [2.05, 4.69) is 0 Å². The van der Waals surface area contributed by atoms with E-state index in [1.54, 1.807) is 23.9 Å². The van der Waals surface area contributed by atoms with Crippen LogP contribution in [0.5, 0.6) is 0 Å². The van der Waals surface area contributed by atoms with Crippen molar-refractivity contribution in [3.05, 3.63) is 0 Å². The molecule has 0 aromatic heterocycles. The molecule has 0 aliphatic carbocycles. The maximum absolute atomic E-state index is 12.9. The minimum absolute atomic E-state index is 0.0792. The standard InChI is InChI=1S/C19H35N3O5/c1-13(2)15(16(23)26-8)21(7)17(24)20(6)14-10-9-11-22(12-14)18(25)27-19(3,4)5/h13-15H,9-12H2,1-8H3/t14-,15-/m0/s1. The summed E-state index contributed by atoms with van der Waals surface area (Å²) in [7, 11) is 4.63. The maximum atomic E-state index is 12.9. The zero-order valence-corrected chi connectivity index (χ0v) is 17.9. The number of carbonyl (C=O) groups is 3. The molecule has 0 N–H and O–H groups in total. The third kappa shape index (κ3) is 6.29. The van der Waals surface area contributed by atoms with Gasteiger partial charge in [-0.2, -0.15) is 0 Å². The number of rotatable bonds is 4. The number of nitrogens with zero attached hydrogens (tertiary/aromatic N) is 3. The summed E-state index contributed by atoms with van der Waals surface area (Å²) in [5.41, 5.74) is -0.559. The van der Waals surface area contributed by atoms with E-state index in [4.69, 9.17) is 9.47 Å². The number of methoxy groups -OCH3 is 1. The highest BCUT2D eigenvalue weighted by atomic mass is 16.6. The number of likely N-dealkylation sites (tertiary alicyclic amines) is 1. The zero-order chi connectivity index (χ0) is 20.9. The number of carbonyl (C=O) groups excluding carboxylic acids is 3. The Labute approximate surface area is 162 Å². The number of hydrogen-bond donors (Lipinski definition) is 0. The van der Waals surface area contributed by atoms with Gasteiger partial charge in [-0.25, -0.2) is 14.4 Å². The molecule has 1 aliphatic rings. The SMILES string of the molecule is COC(=O)[C@H](C(C)C)N(C)C(=O)N(C)[C@H]1CCCN(C(=O)OC(C)(C)C)C1. The number of piperidine rings is 1. The van der Waals surface area contributed by atoms with Gasteiger partial charge in [0, 0.05) is 27.2 Å². The first kappa shape index (κ1) is 23.0. The quantitative estimate of drug-likeness (QED) is 0.695. The predicted molar refractivity (Wildman–Crippen MR) is 102 cm³/mol. The molecular weight excluding hydrogens is 350 g/mol. The Hall–Kier alpha value is -1.99. The van der Waals surface area contributed by atoms with E-state index in [0.717, 1.165) is 12.8 Å². The Kier molecular flexibility index (Phi) is 7.92. The van der Waals surface area contributed by atoms with E-state index in [0.29, 0.717) is 13.1 Å². The summed E-state index contributed by atoms with van der Waals surface area (Å²) in [4.78, 5) is 42.0. The fraction of sp³-hybridized carbons (Fsp3) is 0.842. The third-order valence-corrected chi connectivity index (χ3v) is 4.69. The van der Waals surface area contributed by atoms with Gasteiger partial charge in [0.05, 0.1) is 13.2 Å². The van der Waals surface area contributed by atoms with Crippen LogP contribution in [0.4, 0.5) is 9.59 Å². The minimum Gasteiger partial charge on any atom is -0.467 e. The first-order valence-corrected chi connectivity index (χ1v) is 9.44. The van der Waals surface area contributed by atoms with Gasteiger partial charge in [-0.3, -0.25) is 0 Å². The predicted octanol–water partition coefficient (Wildman–Crippen LogP) is 2.57. The summed E-state index contributed by atoms with van der Waals surface area (Å²) >= 11 is 0. The van der Waals surface area contributed by atoms with Crippen LogP contribution in [-0.2, 0) is 14.3 Å². The van der Waals surface area contributed by atoms with Gasteiger partial charge in [0.1, 0.15) is 11.6 Å². The van der Waals surface area contributed by atoms with E-state index in [9.17, 15) is 14.4 Å². The first-order valence-electron chi connectivity index (χ1n) is 9.44. The lowest BCUT2D eigenvalue weighted by Crippen LogP contribution is -2.56. The lowest BCUT2D eigenvalue weighted by molar-refractivity contribution is -0.147. The van der Waals surface area contributed by atoms with Crippen molar-refractivity contribution in [3.63, 3.8) is 0 Å². The molecule has 0 aromatic carbocycles. The minimum atomic E-state index is -0.657. The van der Waals surface area contributed by atoms with Gasteiger partial charge in [-0.05, 0) is 39.5 Å². The van der Waals surface area contributed by atoms with Crippen molar-refractivity contribution in [3.8, 4) is 0 Å². The van der Waals surface area contributed by atoms with Crippen LogP contribution in [0.25, 0.3) is 0 Å². The van der Waals surface area contributed by atoms with Crippen LogP contribution in [0.2, 0.25) is 0 Å². The molecule has 27 heavy (non-hydrogen) atoms. The average Bonchev–Trinajstić information content (AvgIpc) is 2.58.